The van der Waals surface area contributed by atoms with Gasteiger partial charge in [0, 0.05) is 12.8 Å². The number of hydrogen-bond acceptors (Lipinski definition) is 6. The predicted octanol–water partition coefficient (Wildman–Crippen LogP) is 15.7. The van der Waals surface area contributed by atoms with E-state index in [9.17, 15) is 14.4 Å². The van der Waals surface area contributed by atoms with Crippen LogP contribution in [-0.4, -0.2) is 37.2 Å². The van der Waals surface area contributed by atoms with Crippen LogP contribution in [-0.2, 0) is 28.6 Å². The molecule has 0 amide bonds. The van der Waals surface area contributed by atoms with Crippen molar-refractivity contribution >= 4 is 17.9 Å². The molecule has 342 valence electrons. The summed E-state index contributed by atoms with van der Waals surface area (Å²) < 4.78 is 16.6. The van der Waals surface area contributed by atoms with Gasteiger partial charge >= 0.3 is 17.9 Å². The maximum atomic E-state index is 12.7. The second-order valence-electron chi connectivity index (χ2n) is 15.3. The van der Waals surface area contributed by atoms with Crippen LogP contribution >= 0.6 is 0 Å². The first-order valence-electron chi connectivity index (χ1n) is 24.0. The van der Waals surface area contributed by atoms with E-state index in [-0.39, 0.29) is 31.6 Å². The molecule has 0 saturated heterocycles. The molecule has 0 N–H and O–H groups in total. The van der Waals surface area contributed by atoms with Gasteiger partial charge in [-0.2, -0.15) is 0 Å². The molecule has 6 heteroatoms. The molecule has 0 aromatic heterocycles. The van der Waals surface area contributed by atoms with Crippen molar-refractivity contribution in [3.8, 4) is 0 Å². The van der Waals surface area contributed by atoms with Crippen molar-refractivity contribution in [3.05, 3.63) is 122 Å². The minimum atomic E-state index is -0.840. The molecular weight excluding hydrogens is 757 g/mol. The van der Waals surface area contributed by atoms with Gasteiger partial charge in [-0.3, -0.25) is 14.4 Å². The number of carbonyl (C=O) groups is 3. The van der Waals surface area contributed by atoms with E-state index in [1.807, 2.05) is 6.08 Å². The van der Waals surface area contributed by atoms with Crippen molar-refractivity contribution in [2.75, 3.05) is 13.2 Å². The second-order valence-corrected chi connectivity index (χ2v) is 15.3. The lowest BCUT2D eigenvalue weighted by Gasteiger charge is -2.18. The zero-order valence-corrected chi connectivity index (χ0v) is 38.9. The van der Waals surface area contributed by atoms with Gasteiger partial charge in [0.2, 0.25) is 0 Å². The Balaban J connectivity index is 4.44. The third kappa shape index (κ3) is 46.7. The van der Waals surface area contributed by atoms with E-state index in [1.54, 1.807) is 6.08 Å². The van der Waals surface area contributed by atoms with Crippen LogP contribution in [0.15, 0.2) is 122 Å². The maximum absolute atomic E-state index is 12.7. The summed E-state index contributed by atoms with van der Waals surface area (Å²) >= 11 is 0. The summed E-state index contributed by atoms with van der Waals surface area (Å²) in [4.78, 5) is 37.7. The Bertz CT molecular complexity index is 1340. The van der Waals surface area contributed by atoms with Crippen LogP contribution in [0.1, 0.15) is 188 Å². The highest BCUT2D eigenvalue weighted by Gasteiger charge is 2.19. The van der Waals surface area contributed by atoms with E-state index in [1.165, 1.54) is 25.7 Å². The Morgan fingerprint density at radius 2 is 0.689 bits per heavy atom. The summed E-state index contributed by atoms with van der Waals surface area (Å²) in [5.74, 6) is -1.10. The third-order valence-corrected chi connectivity index (χ3v) is 9.49. The fourth-order valence-corrected chi connectivity index (χ4v) is 5.95. The zero-order valence-electron chi connectivity index (χ0n) is 38.9. The first kappa shape index (κ1) is 56.8. The van der Waals surface area contributed by atoms with Crippen LogP contribution in [0.5, 0.6) is 0 Å². The molecule has 1 unspecified atom stereocenters. The van der Waals surface area contributed by atoms with Gasteiger partial charge in [-0.15, -0.1) is 0 Å². The molecular formula is C55H86O6. The van der Waals surface area contributed by atoms with Gasteiger partial charge < -0.3 is 14.2 Å². The normalized spacial score (nSPS) is 13.2. The molecule has 0 saturated carbocycles. The van der Waals surface area contributed by atoms with E-state index in [0.717, 1.165) is 116 Å². The molecule has 0 aromatic rings. The van der Waals surface area contributed by atoms with E-state index in [0.29, 0.717) is 19.3 Å². The molecule has 0 fully saturated rings. The summed E-state index contributed by atoms with van der Waals surface area (Å²) in [6.07, 6.45) is 66.5. The van der Waals surface area contributed by atoms with Crippen LogP contribution in [0.2, 0.25) is 0 Å². The molecule has 0 radical (unpaired) electrons. The fourth-order valence-electron chi connectivity index (χ4n) is 5.95. The van der Waals surface area contributed by atoms with E-state index < -0.39 is 12.1 Å². The van der Waals surface area contributed by atoms with Crippen molar-refractivity contribution in [1.82, 2.24) is 0 Å². The lowest BCUT2D eigenvalue weighted by Crippen LogP contribution is -2.30. The summed E-state index contributed by atoms with van der Waals surface area (Å²) in [7, 11) is 0. The number of carbonyl (C=O) groups excluding carboxylic acids is 3. The van der Waals surface area contributed by atoms with E-state index in [4.69, 9.17) is 14.2 Å². The van der Waals surface area contributed by atoms with Crippen molar-refractivity contribution in [3.63, 3.8) is 0 Å². The Labute approximate surface area is 373 Å². The smallest absolute Gasteiger partial charge is 0.310 e. The highest BCUT2D eigenvalue weighted by atomic mass is 16.6. The molecule has 1 atom stereocenters. The molecule has 6 nitrogen and oxygen atoms in total. The molecule has 0 bridgehead atoms. The minimum absolute atomic E-state index is 0.0883. The molecule has 61 heavy (non-hydrogen) atoms. The van der Waals surface area contributed by atoms with E-state index in [2.05, 4.69) is 130 Å². The minimum Gasteiger partial charge on any atom is -0.462 e. The van der Waals surface area contributed by atoms with Crippen LogP contribution in [0.3, 0.4) is 0 Å². The molecule has 0 aliphatic carbocycles. The Hall–Kier alpha value is -4.19. The average molecular weight is 843 g/mol. The van der Waals surface area contributed by atoms with Crippen molar-refractivity contribution in [2.45, 2.75) is 194 Å². The second kappa shape index (κ2) is 48.5. The first-order valence-corrected chi connectivity index (χ1v) is 24.0. The maximum Gasteiger partial charge on any atom is 0.310 e. The summed E-state index contributed by atoms with van der Waals surface area (Å²) in [5, 5.41) is 0. The molecule has 0 aliphatic rings. The quantitative estimate of drug-likeness (QED) is 0.0264. The monoisotopic (exact) mass is 843 g/mol. The van der Waals surface area contributed by atoms with Crippen molar-refractivity contribution in [1.29, 1.82) is 0 Å². The summed E-state index contributed by atoms with van der Waals surface area (Å²) in [6, 6.07) is 0. The predicted molar refractivity (Wildman–Crippen MR) is 260 cm³/mol. The van der Waals surface area contributed by atoms with Gasteiger partial charge in [0.1, 0.15) is 13.2 Å². The molecule has 0 aromatic carbocycles. The molecule has 0 spiro atoms. The van der Waals surface area contributed by atoms with Crippen LogP contribution < -0.4 is 0 Å². The number of hydrogen-bond donors (Lipinski definition) is 0. The van der Waals surface area contributed by atoms with Gasteiger partial charge in [-0.1, -0.05) is 200 Å². The van der Waals surface area contributed by atoms with Crippen LogP contribution in [0.25, 0.3) is 0 Å². The Morgan fingerprint density at radius 1 is 0.361 bits per heavy atom. The van der Waals surface area contributed by atoms with Gasteiger partial charge in [0.25, 0.3) is 0 Å². The van der Waals surface area contributed by atoms with Crippen molar-refractivity contribution in [2.24, 2.45) is 0 Å². The molecule has 0 heterocycles. The number of ether oxygens (including phenoxy) is 3. The third-order valence-electron chi connectivity index (χ3n) is 9.49. The van der Waals surface area contributed by atoms with Gasteiger partial charge in [0.05, 0.1) is 6.42 Å². The van der Waals surface area contributed by atoms with Crippen LogP contribution in [0, 0.1) is 0 Å². The highest BCUT2D eigenvalue weighted by Crippen LogP contribution is 2.11. The highest BCUT2D eigenvalue weighted by molar-refractivity contribution is 5.72. The lowest BCUT2D eigenvalue weighted by atomic mass is 10.1. The fraction of sp³-hybridized carbons (Fsp3) is 0.582. The zero-order chi connectivity index (χ0) is 44.4. The Morgan fingerprint density at radius 3 is 1.08 bits per heavy atom. The van der Waals surface area contributed by atoms with Crippen molar-refractivity contribution < 1.29 is 28.6 Å². The standard InChI is InChI=1S/C55H86O6/c1-4-7-10-13-16-18-20-22-24-25-26-27-28-29-31-32-34-36-39-42-45-48-54(57)60-51-52(50-59-53(56)47-44-41-38-15-12-9-6-3)61-55(58)49-46-43-40-37-35-33-30-23-21-19-17-14-11-8-5-2/h7-8,10-11,16-19,22-24,26-27,29-31,35,37,43,46,52H,4-6,9,12-15,20-21,25,28,32-34,36,38-42,44-45,47-51H2,1-3H3/b10-7-,11-8-,18-16-,19-17-,24-22-,27-26-,30-23-,31-29-,37-35-,46-43-. The SMILES string of the molecule is CC/C=C\C/C=C\C/C=C\C/C=C\C/C=C\CCCCCCCC(=O)OCC(COC(=O)CCCCCCCCC)OC(=O)C/C=C\C/C=C\C/C=C\C/C=C\C/C=C\CC. The number of unbranched alkanes of at least 4 members (excludes halogenated alkanes) is 11. The lowest BCUT2D eigenvalue weighted by molar-refractivity contribution is -0.166. The number of rotatable bonds is 41. The van der Waals surface area contributed by atoms with Crippen LogP contribution in [0.4, 0.5) is 0 Å². The number of esters is 3. The van der Waals surface area contributed by atoms with Gasteiger partial charge in [-0.05, 0) is 89.9 Å². The first-order chi connectivity index (χ1) is 30.0. The topological polar surface area (TPSA) is 78.9 Å². The summed E-state index contributed by atoms with van der Waals surface area (Å²) in [6.45, 7) is 6.23. The molecule has 0 aliphatic heterocycles. The Kier molecular flexibility index (Phi) is 45.1. The van der Waals surface area contributed by atoms with Gasteiger partial charge in [-0.25, -0.2) is 0 Å². The average Bonchev–Trinajstić information content (AvgIpc) is 3.26. The number of allylic oxidation sites excluding steroid dienone is 19. The van der Waals surface area contributed by atoms with Gasteiger partial charge in [0.15, 0.2) is 6.10 Å². The largest absolute Gasteiger partial charge is 0.462 e. The molecule has 0 rings (SSSR count). The van der Waals surface area contributed by atoms with E-state index >= 15 is 0 Å². The summed E-state index contributed by atoms with van der Waals surface area (Å²) in [5.41, 5.74) is 0.